The number of aryl methyl sites for hydroxylation is 1. The molecule has 0 fully saturated rings. The van der Waals surface area contributed by atoms with Crippen LogP contribution in [0.3, 0.4) is 0 Å². The van der Waals surface area contributed by atoms with Crippen LogP contribution in [0.1, 0.15) is 37.4 Å². The molecule has 0 saturated heterocycles. The van der Waals surface area contributed by atoms with Crippen LogP contribution in [0.25, 0.3) is 21.5 Å². The molecule has 0 heterocycles. The van der Waals surface area contributed by atoms with Crippen LogP contribution in [-0.4, -0.2) is 57.1 Å². The van der Waals surface area contributed by atoms with E-state index in [9.17, 15) is 42.4 Å². The highest BCUT2D eigenvalue weighted by molar-refractivity contribution is 7.86. The van der Waals surface area contributed by atoms with Gasteiger partial charge in [-0.2, -0.15) is 18.6 Å². The number of benzene rings is 7. The molecule has 0 saturated carbocycles. The zero-order valence-corrected chi connectivity index (χ0v) is 33.7. The Bertz CT molecular complexity index is 3150. The van der Waals surface area contributed by atoms with Crippen LogP contribution in [-0.2, 0) is 32.5 Å². The number of aromatic hydroxyl groups is 2. The summed E-state index contributed by atoms with van der Waals surface area (Å²) in [5.41, 5.74) is 3.18. The number of hydrogen-bond donors (Lipinski definition) is 7. The van der Waals surface area contributed by atoms with Crippen molar-refractivity contribution in [2.24, 2.45) is 20.5 Å². The van der Waals surface area contributed by atoms with Crippen LogP contribution < -0.4 is 10.6 Å². The van der Waals surface area contributed by atoms with Gasteiger partial charge in [0.1, 0.15) is 16.3 Å². The predicted octanol–water partition coefficient (Wildman–Crippen LogP) is 9.55. The van der Waals surface area contributed by atoms with Crippen LogP contribution in [0.5, 0.6) is 11.5 Å². The fourth-order valence-corrected chi connectivity index (χ4v) is 7.20. The van der Waals surface area contributed by atoms with Crippen molar-refractivity contribution in [2.75, 3.05) is 10.6 Å². The zero-order chi connectivity index (χ0) is 45.0. The van der Waals surface area contributed by atoms with E-state index < -0.39 is 50.2 Å². The number of anilines is 2. The van der Waals surface area contributed by atoms with Crippen LogP contribution >= 0.6 is 0 Å². The summed E-state index contributed by atoms with van der Waals surface area (Å²) in [6.45, 7) is 1.75. The predicted molar refractivity (Wildman–Crippen MR) is 232 cm³/mol. The summed E-state index contributed by atoms with van der Waals surface area (Å²) < 4.78 is 34.7. The largest absolute Gasteiger partial charge is 0.505 e. The van der Waals surface area contributed by atoms with Crippen molar-refractivity contribution in [2.45, 2.75) is 24.7 Å². The number of phenols is 2. The van der Waals surface area contributed by atoms with Crippen molar-refractivity contribution in [3.8, 4) is 11.5 Å². The van der Waals surface area contributed by atoms with Gasteiger partial charge in [-0.1, -0.05) is 24.3 Å². The van der Waals surface area contributed by atoms with Crippen molar-refractivity contribution in [1.82, 2.24) is 0 Å². The molecule has 2 amide bonds. The third kappa shape index (κ3) is 10.00. The van der Waals surface area contributed by atoms with Gasteiger partial charge in [-0.25, -0.2) is 0 Å². The maximum Gasteiger partial charge on any atom is 0.307 e. The highest BCUT2D eigenvalue weighted by Crippen LogP contribution is 2.43. The Morgan fingerprint density at radius 1 is 0.540 bits per heavy atom. The van der Waals surface area contributed by atoms with Gasteiger partial charge in [0.15, 0.2) is 11.5 Å². The second kappa shape index (κ2) is 17.7. The molecule has 17 nitrogen and oxygen atoms in total. The van der Waals surface area contributed by atoms with E-state index in [2.05, 4.69) is 31.1 Å². The van der Waals surface area contributed by atoms with Crippen molar-refractivity contribution in [1.29, 1.82) is 0 Å². The van der Waals surface area contributed by atoms with E-state index >= 15 is 0 Å². The van der Waals surface area contributed by atoms with Gasteiger partial charge in [-0.15, -0.1) is 10.2 Å². The average Bonchev–Trinajstić information content (AvgIpc) is 3.23. The van der Waals surface area contributed by atoms with Crippen molar-refractivity contribution in [3.05, 3.63) is 149 Å². The average molecular weight is 867 g/mol. The number of carboxylic acid groups (broad SMARTS) is 2. The lowest BCUT2D eigenvalue weighted by atomic mass is 10.0. The van der Waals surface area contributed by atoms with E-state index in [1.54, 1.807) is 55.5 Å². The number of carbonyl (C=O) groups is 4. The Hall–Kier alpha value is -8.35. The molecule has 7 aromatic carbocycles. The highest BCUT2D eigenvalue weighted by atomic mass is 32.2. The number of nitrogens with zero attached hydrogens (tertiary/aromatic N) is 4. The lowest BCUT2D eigenvalue weighted by Crippen LogP contribution is -2.14. The van der Waals surface area contributed by atoms with Crippen LogP contribution in [0, 0.1) is 6.92 Å². The first-order chi connectivity index (χ1) is 30.0. The molecule has 0 bridgehead atoms. The minimum Gasteiger partial charge on any atom is -0.505 e. The molecule has 0 aliphatic heterocycles. The van der Waals surface area contributed by atoms with Gasteiger partial charge in [0.2, 0.25) is 0 Å². The van der Waals surface area contributed by atoms with Crippen LogP contribution in [0.15, 0.2) is 147 Å². The van der Waals surface area contributed by atoms with Crippen molar-refractivity contribution in [3.63, 3.8) is 0 Å². The van der Waals surface area contributed by atoms with Gasteiger partial charge < -0.3 is 31.1 Å². The first-order valence-electron chi connectivity index (χ1n) is 18.7. The topological polar surface area (TPSA) is 277 Å². The Balaban J connectivity index is 1.02. The smallest absolute Gasteiger partial charge is 0.307 e. The van der Waals surface area contributed by atoms with Gasteiger partial charge in [-0.3, -0.25) is 23.7 Å². The van der Waals surface area contributed by atoms with Crippen molar-refractivity contribution < 1.29 is 52.6 Å². The molecule has 0 atom stereocenters. The van der Waals surface area contributed by atoms with Crippen molar-refractivity contribution >= 4 is 89.5 Å². The highest BCUT2D eigenvalue weighted by Gasteiger charge is 2.23. The molecule has 63 heavy (non-hydrogen) atoms. The van der Waals surface area contributed by atoms with E-state index in [0.29, 0.717) is 38.8 Å². The number of hydrogen-bond acceptors (Lipinski definition) is 12. The molecule has 316 valence electrons. The SMILES string of the molecule is Cc1cc2cc(NC(=O)c3ccc(C(=O)Nc4ccc5c(O)c(N=Nc6ccc(CC(=O)O)cc6)c(S(=O)(=O)O)cc5c4)cc3)ccc2c(O)c1N=Nc1ccc(CC(=O)O)cc1. The number of carbonyl (C=O) groups excluding carboxylic acids is 2. The quantitative estimate of drug-likeness (QED) is 0.0423. The normalized spacial score (nSPS) is 11.7. The molecule has 0 unspecified atom stereocenters. The summed E-state index contributed by atoms with van der Waals surface area (Å²) in [6, 6.07) is 30.3. The van der Waals surface area contributed by atoms with Gasteiger partial charge in [0, 0.05) is 33.3 Å². The fourth-order valence-electron chi connectivity index (χ4n) is 6.55. The summed E-state index contributed by atoms with van der Waals surface area (Å²) >= 11 is 0. The van der Waals surface area contributed by atoms with Gasteiger partial charge in [0.05, 0.1) is 24.2 Å². The molecular weight excluding hydrogens is 833 g/mol. The zero-order valence-electron chi connectivity index (χ0n) is 32.8. The summed E-state index contributed by atoms with van der Waals surface area (Å²) in [4.78, 5) is 47.6. The Morgan fingerprint density at radius 3 is 1.38 bits per heavy atom. The Morgan fingerprint density at radius 2 is 0.952 bits per heavy atom. The second-order valence-corrected chi connectivity index (χ2v) is 15.6. The number of carboxylic acids is 2. The van der Waals surface area contributed by atoms with Crippen LogP contribution in [0.4, 0.5) is 34.1 Å². The first-order valence-corrected chi connectivity index (χ1v) is 20.2. The van der Waals surface area contributed by atoms with E-state index in [4.69, 9.17) is 10.2 Å². The summed E-state index contributed by atoms with van der Waals surface area (Å²) in [6.07, 6.45) is -0.335. The molecule has 18 heteroatoms. The third-order valence-corrected chi connectivity index (χ3v) is 10.5. The number of aliphatic carboxylic acids is 2. The molecule has 0 spiro atoms. The van der Waals surface area contributed by atoms with E-state index in [1.807, 2.05) is 0 Å². The minimum atomic E-state index is -4.94. The minimum absolute atomic E-state index is 0.110. The van der Waals surface area contributed by atoms with Gasteiger partial charge in [-0.05, 0) is 131 Å². The second-order valence-electron chi connectivity index (χ2n) is 14.2. The monoisotopic (exact) mass is 866 g/mol. The maximum atomic E-state index is 13.2. The lowest BCUT2D eigenvalue weighted by Gasteiger charge is -2.12. The molecule has 7 N–H and O–H groups in total. The number of azo groups is 2. The summed E-state index contributed by atoms with van der Waals surface area (Å²) in [5, 5.41) is 63.1. The molecule has 7 rings (SSSR count). The van der Waals surface area contributed by atoms with Gasteiger partial charge in [0.25, 0.3) is 21.9 Å². The standard InChI is InChI=1S/C45H34N6O11S/c1-24-18-29-21-33(14-16-35(29)42(56)40(24)50-48-31-10-2-25(3-11-31)19-38(52)53)46-44(58)27-6-8-28(9-7-27)45(59)47-34-15-17-36-30(22-34)23-37(63(60,61)62)41(43(36)57)51-49-32-12-4-26(5-13-32)20-39(54)55/h2-18,21-23,56-57H,19-20H2,1H3,(H,46,58)(H,47,59)(H,52,53)(H,54,55)(H,60,61,62). The maximum absolute atomic E-state index is 13.2. The number of rotatable bonds is 13. The number of amides is 2. The summed E-state index contributed by atoms with van der Waals surface area (Å²) in [5.74, 6) is -3.74. The number of phenolic OH excluding ortho intramolecular Hbond substituents is 2. The molecular formula is C45H34N6O11S. The molecule has 0 radical (unpaired) electrons. The molecule has 7 aromatic rings. The van der Waals surface area contributed by atoms with Gasteiger partial charge >= 0.3 is 11.9 Å². The lowest BCUT2D eigenvalue weighted by molar-refractivity contribution is -0.137. The van der Waals surface area contributed by atoms with E-state index in [-0.39, 0.29) is 57.6 Å². The first kappa shape index (κ1) is 42.8. The molecule has 0 aliphatic rings. The summed E-state index contributed by atoms with van der Waals surface area (Å²) in [7, 11) is -4.94. The van der Waals surface area contributed by atoms with E-state index in [0.717, 1.165) is 6.07 Å². The Labute approximate surface area is 357 Å². The molecule has 0 aromatic heterocycles. The Kier molecular flexibility index (Phi) is 12.0. The van der Waals surface area contributed by atoms with E-state index in [1.165, 1.54) is 66.7 Å². The number of nitrogens with one attached hydrogen (secondary N) is 2. The molecule has 0 aliphatic carbocycles. The fraction of sp³-hybridized carbons (Fsp3) is 0.0667. The third-order valence-electron chi connectivity index (χ3n) is 9.64. The number of fused-ring (bicyclic) bond motifs is 2. The van der Waals surface area contributed by atoms with Crippen LogP contribution in [0.2, 0.25) is 0 Å².